The highest BCUT2D eigenvalue weighted by atomic mass is 16.5. The number of methoxy groups -OCH3 is 1. The zero-order valence-corrected chi connectivity index (χ0v) is 20.9. The van der Waals surface area contributed by atoms with Crippen molar-refractivity contribution in [1.29, 1.82) is 0 Å². The van der Waals surface area contributed by atoms with Gasteiger partial charge in [0, 0.05) is 5.56 Å². The topological polar surface area (TPSA) is 114 Å². The number of nitrogens with zero attached hydrogens (tertiary/aromatic N) is 5. The van der Waals surface area contributed by atoms with Crippen LogP contribution in [0.15, 0.2) is 59.3 Å². The molecule has 37 heavy (non-hydrogen) atoms. The molecule has 0 N–H and O–H groups in total. The molecule has 0 atom stereocenters. The van der Waals surface area contributed by atoms with Crippen LogP contribution in [0.1, 0.15) is 60.1 Å². The van der Waals surface area contributed by atoms with Crippen molar-refractivity contribution in [2.45, 2.75) is 51.2 Å². The molecular formula is C27H29N5O5. The van der Waals surface area contributed by atoms with Gasteiger partial charge >= 0.3 is 5.97 Å². The lowest BCUT2D eigenvalue weighted by atomic mass is 9.82. The molecule has 5 rings (SSSR count). The van der Waals surface area contributed by atoms with Crippen LogP contribution < -0.4 is 9.47 Å². The number of carbonyl (C=O) groups is 1. The van der Waals surface area contributed by atoms with Gasteiger partial charge in [0.05, 0.1) is 20.3 Å². The molecule has 1 aliphatic carbocycles. The molecule has 0 bridgehead atoms. The number of ether oxygens (including phenoxy) is 3. The van der Waals surface area contributed by atoms with Crippen molar-refractivity contribution < 1.29 is 23.4 Å². The summed E-state index contributed by atoms with van der Waals surface area (Å²) in [7, 11) is 1.63. The number of hydrogen-bond donors (Lipinski definition) is 0. The van der Waals surface area contributed by atoms with Crippen LogP contribution in [0.25, 0.3) is 11.5 Å². The third-order valence-corrected chi connectivity index (χ3v) is 6.59. The summed E-state index contributed by atoms with van der Waals surface area (Å²) in [4.78, 5) is 12.6. The molecule has 4 aromatic rings. The highest BCUT2D eigenvalue weighted by molar-refractivity contribution is 5.89. The van der Waals surface area contributed by atoms with Crippen molar-refractivity contribution in [3.05, 3.63) is 71.7 Å². The van der Waals surface area contributed by atoms with E-state index in [1.54, 1.807) is 18.7 Å². The number of benzene rings is 2. The number of esters is 1. The fourth-order valence-electron chi connectivity index (χ4n) is 4.62. The average molecular weight is 504 g/mol. The molecule has 0 spiro atoms. The standard InChI is InChI=1S/C27H29N5O5/c1-3-35-27(33)24-26(32(31-29-24)16-18-4-12-22(34-2)13-5-18)37-23-14-10-20(11-15-23)19-6-8-21(9-7-19)25-30-28-17-36-25/h4-9,12-13,17,20,23H,3,10-11,14-16H2,1-2H3. The minimum Gasteiger partial charge on any atom is -0.497 e. The predicted molar refractivity (Wildman–Crippen MR) is 133 cm³/mol. The maximum absolute atomic E-state index is 12.6. The third-order valence-electron chi connectivity index (χ3n) is 6.59. The van der Waals surface area contributed by atoms with Gasteiger partial charge in [0.15, 0.2) is 0 Å². The first kappa shape index (κ1) is 24.5. The molecule has 2 aromatic carbocycles. The van der Waals surface area contributed by atoms with E-state index in [1.807, 2.05) is 36.4 Å². The summed E-state index contributed by atoms with van der Waals surface area (Å²) in [6, 6.07) is 15.9. The average Bonchev–Trinajstić information content (AvgIpc) is 3.61. The van der Waals surface area contributed by atoms with Crippen molar-refractivity contribution in [3.63, 3.8) is 0 Å². The third kappa shape index (κ3) is 5.63. The second-order valence-corrected chi connectivity index (χ2v) is 8.93. The second kappa shape index (κ2) is 11.2. The van der Waals surface area contributed by atoms with Crippen molar-refractivity contribution >= 4 is 5.97 Å². The van der Waals surface area contributed by atoms with Gasteiger partial charge in [0.25, 0.3) is 0 Å². The summed E-state index contributed by atoms with van der Waals surface area (Å²) < 4.78 is 23.7. The van der Waals surface area contributed by atoms with E-state index in [9.17, 15) is 4.79 Å². The van der Waals surface area contributed by atoms with Crippen molar-refractivity contribution in [1.82, 2.24) is 25.2 Å². The second-order valence-electron chi connectivity index (χ2n) is 8.93. The minimum absolute atomic E-state index is 0.0461. The zero-order valence-electron chi connectivity index (χ0n) is 20.9. The van der Waals surface area contributed by atoms with Crippen LogP contribution in [-0.2, 0) is 11.3 Å². The van der Waals surface area contributed by atoms with E-state index >= 15 is 0 Å². The van der Waals surface area contributed by atoms with Crippen LogP contribution >= 0.6 is 0 Å². The Bertz CT molecular complexity index is 1290. The molecule has 10 heteroatoms. The highest BCUT2D eigenvalue weighted by Gasteiger charge is 2.29. The summed E-state index contributed by atoms with van der Waals surface area (Å²) in [6.07, 6.45) is 4.93. The lowest BCUT2D eigenvalue weighted by Crippen LogP contribution is -2.25. The lowest BCUT2D eigenvalue weighted by molar-refractivity contribution is 0.0507. The van der Waals surface area contributed by atoms with E-state index in [0.29, 0.717) is 24.2 Å². The Morgan fingerprint density at radius 2 is 1.78 bits per heavy atom. The Hall–Kier alpha value is -4.21. The first-order valence-electron chi connectivity index (χ1n) is 12.4. The molecule has 1 aliphatic rings. The van der Waals surface area contributed by atoms with Crippen LogP contribution in [0.3, 0.4) is 0 Å². The molecule has 0 amide bonds. The smallest absolute Gasteiger partial charge is 0.364 e. The molecule has 0 radical (unpaired) electrons. The highest BCUT2D eigenvalue weighted by Crippen LogP contribution is 2.36. The summed E-state index contributed by atoms with van der Waals surface area (Å²) in [5.41, 5.74) is 3.27. The maximum Gasteiger partial charge on any atom is 0.364 e. The molecule has 2 heterocycles. The van der Waals surface area contributed by atoms with E-state index < -0.39 is 5.97 Å². The van der Waals surface area contributed by atoms with Gasteiger partial charge in [0.1, 0.15) is 11.9 Å². The van der Waals surface area contributed by atoms with Crippen LogP contribution in [0.5, 0.6) is 11.6 Å². The zero-order chi connectivity index (χ0) is 25.6. The summed E-state index contributed by atoms with van der Waals surface area (Å²) >= 11 is 0. The number of carbonyl (C=O) groups excluding carboxylic acids is 1. The molecule has 192 valence electrons. The lowest BCUT2D eigenvalue weighted by Gasteiger charge is -2.29. The van der Waals surface area contributed by atoms with Gasteiger partial charge in [0.2, 0.25) is 23.9 Å². The van der Waals surface area contributed by atoms with Crippen molar-refractivity contribution in [3.8, 4) is 23.1 Å². The van der Waals surface area contributed by atoms with Crippen LogP contribution in [0.2, 0.25) is 0 Å². The first-order chi connectivity index (χ1) is 18.1. The molecule has 0 saturated heterocycles. The van der Waals surface area contributed by atoms with Gasteiger partial charge in [-0.1, -0.05) is 29.5 Å². The van der Waals surface area contributed by atoms with E-state index in [2.05, 4.69) is 32.6 Å². The summed E-state index contributed by atoms with van der Waals surface area (Å²) in [5.74, 6) is 1.53. The number of aromatic nitrogens is 5. The molecule has 1 fully saturated rings. The Balaban J connectivity index is 1.26. The number of hydrogen-bond acceptors (Lipinski definition) is 9. The molecule has 1 saturated carbocycles. The normalized spacial score (nSPS) is 17.4. The fourth-order valence-corrected chi connectivity index (χ4v) is 4.62. The molecular weight excluding hydrogens is 474 g/mol. The monoisotopic (exact) mass is 503 g/mol. The van der Waals surface area contributed by atoms with Crippen LogP contribution in [-0.4, -0.2) is 51.0 Å². The van der Waals surface area contributed by atoms with Crippen LogP contribution in [0, 0.1) is 0 Å². The SMILES string of the molecule is CCOC(=O)c1nnn(Cc2ccc(OC)cc2)c1OC1CCC(c2ccc(-c3nnco3)cc2)CC1. The van der Waals surface area contributed by atoms with E-state index in [0.717, 1.165) is 42.6 Å². The van der Waals surface area contributed by atoms with Crippen molar-refractivity contribution in [2.24, 2.45) is 0 Å². The van der Waals surface area contributed by atoms with Gasteiger partial charge in [-0.3, -0.25) is 0 Å². The Labute approximate surface area is 214 Å². The van der Waals surface area contributed by atoms with Gasteiger partial charge in [-0.25, -0.2) is 9.48 Å². The van der Waals surface area contributed by atoms with Gasteiger partial charge in [-0.05, 0) is 73.9 Å². The van der Waals surface area contributed by atoms with E-state index in [1.165, 1.54) is 12.0 Å². The number of rotatable bonds is 9. The Morgan fingerprint density at radius 1 is 1.03 bits per heavy atom. The van der Waals surface area contributed by atoms with Crippen molar-refractivity contribution in [2.75, 3.05) is 13.7 Å². The van der Waals surface area contributed by atoms with Crippen LogP contribution in [0.4, 0.5) is 0 Å². The molecule has 0 unspecified atom stereocenters. The van der Waals surface area contributed by atoms with E-state index in [-0.39, 0.29) is 18.4 Å². The maximum atomic E-state index is 12.6. The fraction of sp³-hybridized carbons (Fsp3) is 0.370. The summed E-state index contributed by atoms with van der Waals surface area (Å²) in [6.45, 7) is 2.42. The minimum atomic E-state index is -0.534. The first-order valence-corrected chi connectivity index (χ1v) is 12.4. The largest absolute Gasteiger partial charge is 0.497 e. The van der Waals surface area contributed by atoms with Gasteiger partial charge < -0.3 is 18.6 Å². The Morgan fingerprint density at radius 3 is 2.43 bits per heavy atom. The Kier molecular flexibility index (Phi) is 7.43. The molecule has 10 nitrogen and oxygen atoms in total. The summed E-state index contributed by atoms with van der Waals surface area (Å²) in [5, 5.41) is 16.0. The van der Waals surface area contributed by atoms with Gasteiger partial charge in [-0.15, -0.1) is 15.3 Å². The quantitative estimate of drug-likeness (QED) is 0.301. The van der Waals surface area contributed by atoms with E-state index in [4.69, 9.17) is 18.6 Å². The molecule has 2 aromatic heterocycles. The van der Waals surface area contributed by atoms with Gasteiger partial charge in [-0.2, -0.15) is 0 Å². The molecule has 0 aliphatic heterocycles. The predicted octanol–water partition coefficient (Wildman–Crippen LogP) is 4.67.